The Morgan fingerprint density at radius 3 is 2.64 bits per heavy atom. The van der Waals surface area contributed by atoms with E-state index in [4.69, 9.17) is 21.4 Å². The van der Waals surface area contributed by atoms with Crippen molar-refractivity contribution in [3.05, 3.63) is 57.5 Å². The van der Waals surface area contributed by atoms with Crippen LogP contribution in [0.15, 0.2) is 46.9 Å². The van der Waals surface area contributed by atoms with Gasteiger partial charge >= 0.3 is 5.97 Å². The van der Waals surface area contributed by atoms with Crippen molar-refractivity contribution in [3.63, 3.8) is 0 Å². The second-order valence-corrected chi connectivity index (χ2v) is 5.55. The van der Waals surface area contributed by atoms with Gasteiger partial charge in [0.1, 0.15) is 5.75 Å². The summed E-state index contributed by atoms with van der Waals surface area (Å²) >= 11 is 9.12. The molecule has 0 unspecified atom stereocenters. The molecule has 0 radical (unpaired) electrons. The maximum atomic E-state index is 11.9. The highest BCUT2D eigenvalue weighted by Gasteiger charge is 2.13. The van der Waals surface area contributed by atoms with Crippen molar-refractivity contribution in [2.45, 2.75) is 0 Å². The van der Waals surface area contributed by atoms with Crippen LogP contribution in [-0.4, -0.2) is 23.6 Å². The van der Waals surface area contributed by atoms with Crippen LogP contribution in [-0.2, 0) is 4.79 Å². The molecule has 22 heavy (non-hydrogen) atoms. The van der Waals surface area contributed by atoms with Crippen LogP contribution in [0.25, 0.3) is 0 Å². The Bertz CT molecular complexity index is 720. The van der Waals surface area contributed by atoms with Crippen molar-refractivity contribution in [2.75, 3.05) is 11.9 Å². The van der Waals surface area contributed by atoms with E-state index in [1.54, 1.807) is 18.2 Å². The number of rotatable bonds is 5. The van der Waals surface area contributed by atoms with Gasteiger partial charge in [0, 0.05) is 5.02 Å². The Balaban J connectivity index is 2.05. The number of nitrogens with one attached hydrogen (secondary N) is 1. The van der Waals surface area contributed by atoms with E-state index in [9.17, 15) is 9.59 Å². The van der Waals surface area contributed by atoms with Gasteiger partial charge < -0.3 is 15.2 Å². The van der Waals surface area contributed by atoms with Crippen LogP contribution in [0.2, 0.25) is 5.02 Å². The molecule has 0 aliphatic rings. The summed E-state index contributed by atoms with van der Waals surface area (Å²) in [4.78, 5) is 23.0. The highest BCUT2D eigenvalue weighted by Crippen LogP contribution is 2.24. The fraction of sp³-hybridized carbons (Fsp3) is 0.0667. The molecule has 0 atom stereocenters. The molecule has 0 fully saturated rings. The van der Waals surface area contributed by atoms with Crippen LogP contribution in [0.4, 0.5) is 5.69 Å². The van der Waals surface area contributed by atoms with Gasteiger partial charge in [-0.25, -0.2) is 4.79 Å². The number of carbonyl (C=O) groups excluding carboxylic acids is 1. The molecule has 114 valence electrons. The first-order valence-corrected chi connectivity index (χ1v) is 7.34. The normalized spacial score (nSPS) is 10.1. The molecule has 2 aromatic rings. The topological polar surface area (TPSA) is 75.6 Å². The molecule has 5 nitrogen and oxygen atoms in total. The second-order valence-electron chi connectivity index (χ2n) is 4.26. The molecule has 0 spiro atoms. The van der Waals surface area contributed by atoms with Crippen molar-refractivity contribution in [1.82, 2.24) is 0 Å². The SMILES string of the molecule is O=C(COc1ccccc1Br)Nc1cc(Cl)ccc1C(=O)O. The van der Waals surface area contributed by atoms with Crippen LogP contribution < -0.4 is 10.1 Å². The zero-order chi connectivity index (χ0) is 16.1. The number of carbonyl (C=O) groups is 2. The average Bonchev–Trinajstić information content (AvgIpc) is 2.46. The zero-order valence-corrected chi connectivity index (χ0v) is 13.5. The highest BCUT2D eigenvalue weighted by atomic mass is 79.9. The highest BCUT2D eigenvalue weighted by molar-refractivity contribution is 9.10. The summed E-state index contributed by atoms with van der Waals surface area (Å²) in [6.07, 6.45) is 0. The van der Waals surface area contributed by atoms with Gasteiger partial charge in [0.2, 0.25) is 0 Å². The number of benzene rings is 2. The van der Waals surface area contributed by atoms with Crippen molar-refractivity contribution in [2.24, 2.45) is 0 Å². The summed E-state index contributed by atoms with van der Waals surface area (Å²) in [7, 11) is 0. The zero-order valence-electron chi connectivity index (χ0n) is 11.2. The number of hydrogen-bond donors (Lipinski definition) is 2. The maximum Gasteiger partial charge on any atom is 0.337 e. The third-order valence-electron chi connectivity index (χ3n) is 2.68. The molecule has 0 aromatic heterocycles. The molecule has 2 N–H and O–H groups in total. The molecule has 0 heterocycles. The minimum absolute atomic E-state index is 0.0429. The van der Waals surface area contributed by atoms with E-state index >= 15 is 0 Å². The predicted molar refractivity (Wildman–Crippen MR) is 86.7 cm³/mol. The Morgan fingerprint density at radius 1 is 1.23 bits per heavy atom. The van der Waals surface area contributed by atoms with Crippen molar-refractivity contribution < 1.29 is 19.4 Å². The molecular weight excluding hydrogens is 374 g/mol. The average molecular weight is 385 g/mol. The van der Waals surface area contributed by atoms with Crippen LogP contribution in [0, 0.1) is 0 Å². The molecule has 7 heteroatoms. The monoisotopic (exact) mass is 383 g/mol. The Morgan fingerprint density at radius 2 is 1.95 bits per heavy atom. The lowest BCUT2D eigenvalue weighted by Crippen LogP contribution is -2.21. The van der Waals surface area contributed by atoms with Gasteiger partial charge in [0.05, 0.1) is 15.7 Å². The third kappa shape index (κ3) is 4.22. The molecule has 0 bridgehead atoms. The number of carboxylic acids is 1. The van der Waals surface area contributed by atoms with Gasteiger partial charge in [-0.3, -0.25) is 4.79 Å². The number of amides is 1. The van der Waals surface area contributed by atoms with Gasteiger partial charge in [-0.05, 0) is 46.3 Å². The number of para-hydroxylation sites is 1. The van der Waals surface area contributed by atoms with E-state index in [1.807, 2.05) is 6.07 Å². The summed E-state index contributed by atoms with van der Waals surface area (Å²) in [6.45, 7) is -0.256. The van der Waals surface area contributed by atoms with Crippen LogP contribution >= 0.6 is 27.5 Å². The molecule has 2 rings (SSSR count). The van der Waals surface area contributed by atoms with Crippen molar-refractivity contribution in [1.29, 1.82) is 0 Å². The standard InChI is InChI=1S/C15H11BrClNO4/c16-11-3-1-2-4-13(11)22-8-14(19)18-12-7-9(17)5-6-10(12)15(20)21/h1-7H,8H2,(H,18,19)(H,20,21). The number of halogens is 2. The summed E-state index contributed by atoms with van der Waals surface area (Å²) < 4.78 is 6.08. The lowest BCUT2D eigenvalue weighted by atomic mass is 10.2. The van der Waals surface area contributed by atoms with Gasteiger partial charge in [0.15, 0.2) is 6.61 Å². The molecular formula is C15H11BrClNO4. The third-order valence-corrected chi connectivity index (χ3v) is 3.57. The lowest BCUT2D eigenvalue weighted by molar-refractivity contribution is -0.118. The van der Waals surface area contributed by atoms with Gasteiger partial charge in [-0.15, -0.1) is 0 Å². The Kier molecular flexibility index (Phi) is 5.41. The number of aromatic carboxylic acids is 1. The van der Waals surface area contributed by atoms with E-state index in [-0.39, 0.29) is 17.9 Å². The largest absolute Gasteiger partial charge is 0.483 e. The lowest BCUT2D eigenvalue weighted by Gasteiger charge is -2.10. The van der Waals surface area contributed by atoms with E-state index in [0.29, 0.717) is 10.8 Å². The number of anilines is 1. The Labute approximate surface area is 140 Å². The van der Waals surface area contributed by atoms with E-state index in [1.165, 1.54) is 18.2 Å². The van der Waals surface area contributed by atoms with Crippen LogP contribution in [0.5, 0.6) is 5.75 Å². The van der Waals surface area contributed by atoms with Crippen molar-refractivity contribution >= 4 is 45.1 Å². The van der Waals surface area contributed by atoms with Gasteiger partial charge in [0.25, 0.3) is 5.91 Å². The second kappa shape index (κ2) is 7.29. The summed E-state index contributed by atoms with van der Waals surface area (Å²) in [5, 5.41) is 11.9. The van der Waals surface area contributed by atoms with Crippen molar-refractivity contribution in [3.8, 4) is 5.75 Å². The molecule has 0 saturated heterocycles. The smallest absolute Gasteiger partial charge is 0.337 e. The van der Waals surface area contributed by atoms with E-state index in [2.05, 4.69) is 21.2 Å². The Hall–Kier alpha value is -2.05. The minimum Gasteiger partial charge on any atom is -0.483 e. The van der Waals surface area contributed by atoms with Gasteiger partial charge in [-0.2, -0.15) is 0 Å². The van der Waals surface area contributed by atoms with Crippen LogP contribution in [0.3, 0.4) is 0 Å². The first-order chi connectivity index (χ1) is 10.5. The minimum atomic E-state index is -1.15. The first kappa shape index (κ1) is 16.3. The number of ether oxygens (including phenoxy) is 1. The van der Waals surface area contributed by atoms with Crippen LogP contribution in [0.1, 0.15) is 10.4 Å². The summed E-state index contributed by atoms with van der Waals surface area (Å²) in [6, 6.07) is 11.2. The van der Waals surface area contributed by atoms with Gasteiger partial charge in [-0.1, -0.05) is 23.7 Å². The number of hydrogen-bond acceptors (Lipinski definition) is 3. The summed E-state index contributed by atoms with van der Waals surface area (Å²) in [5.41, 5.74) is 0.0827. The fourth-order valence-electron chi connectivity index (χ4n) is 1.70. The molecule has 0 saturated carbocycles. The first-order valence-electron chi connectivity index (χ1n) is 6.17. The van der Waals surface area contributed by atoms with E-state index < -0.39 is 11.9 Å². The molecule has 2 aromatic carbocycles. The molecule has 0 aliphatic heterocycles. The number of carboxylic acid groups (broad SMARTS) is 1. The molecule has 0 aliphatic carbocycles. The molecule has 1 amide bonds. The summed E-state index contributed by atoms with van der Waals surface area (Å²) in [5.74, 6) is -1.12. The van der Waals surface area contributed by atoms with E-state index in [0.717, 1.165) is 4.47 Å². The predicted octanol–water partition coefficient (Wildman–Crippen LogP) is 3.82. The quantitative estimate of drug-likeness (QED) is 0.822. The maximum absolute atomic E-state index is 11.9. The fourth-order valence-corrected chi connectivity index (χ4v) is 2.27.